The van der Waals surface area contributed by atoms with E-state index >= 15 is 0 Å². The number of rotatable bonds is 3. The Labute approximate surface area is 150 Å². The van der Waals surface area contributed by atoms with E-state index in [0.717, 1.165) is 11.1 Å². The van der Waals surface area contributed by atoms with Gasteiger partial charge in [-0.15, -0.1) is 0 Å². The smallest absolute Gasteiger partial charge is 0.234 e. The molecule has 2 aromatic carbocycles. The van der Waals surface area contributed by atoms with Crippen molar-refractivity contribution in [3.05, 3.63) is 52.5 Å². The van der Waals surface area contributed by atoms with Crippen molar-refractivity contribution >= 4 is 23.4 Å². The molecule has 1 aliphatic heterocycles. The molecule has 2 aromatic rings. The number of benzene rings is 2. The lowest BCUT2D eigenvalue weighted by atomic mass is 9.88. The summed E-state index contributed by atoms with van der Waals surface area (Å²) in [6.07, 6.45) is 0.720. The highest BCUT2D eigenvalue weighted by Crippen LogP contribution is 2.38. The number of halogens is 1. The van der Waals surface area contributed by atoms with Crippen molar-refractivity contribution in [3.8, 4) is 22.9 Å². The first-order chi connectivity index (χ1) is 12.0. The molecule has 1 N–H and O–H groups in total. The van der Waals surface area contributed by atoms with Crippen molar-refractivity contribution in [1.82, 2.24) is 5.32 Å². The van der Waals surface area contributed by atoms with Crippen LogP contribution >= 0.6 is 11.6 Å². The molecule has 1 aliphatic rings. The van der Waals surface area contributed by atoms with Gasteiger partial charge in [0.05, 0.1) is 23.6 Å². The van der Waals surface area contributed by atoms with Crippen LogP contribution in [0, 0.1) is 11.3 Å². The van der Waals surface area contributed by atoms with E-state index < -0.39 is 5.92 Å². The third-order valence-electron chi connectivity index (χ3n) is 4.27. The Bertz CT molecular complexity index is 902. The molecule has 0 aliphatic carbocycles. The topological polar surface area (TPSA) is 79.2 Å². The molecular formula is C19H15ClN2O3. The number of imide groups is 1. The molecule has 0 bridgehead atoms. The van der Waals surface area contributed by atoms with E-state index in [0.29, 0.717) is 28.3 Å². The molecule has 5 nitrogen and oxygen atoms in total. The molecule has 1 unspecified atom stereocenters. The van der Waals surface area contributed by atoms with Crippen LogP contribution in [-0.4, -0.2) is 18.9 Å². The second-order valence-corrected chi connectivity index (χ2v) is 6.12. The first kappa shape index (κ1) is 17.0. The van der Waals surface area contributed by atoms with Crippen molar-refractivity contribution in [1.29, 1.82) is 5.26 Å². The molecule has 0 radical (unpaired) electrons. The fraction of sp³-hybridized carbons (Fsp3) is 0.211. The summed E-state index contributed by atoms with van der Waals surface area (Å²) >= 11 is 6.57. The van der Waals surface area contributed by atoms with E-state index in [1.807, 2.05) is 18.2 Å². The summed E-state index contributed by atoms with van der Waals surface area (Å²) in [5, 5.41) is 12.1. The number of hydrogen-bond acceptors (Lipinski definition) is 4. The fourth-order valence-corrected chi connectivity index (χ4v) is 3.36. The zero-order valence-electron chi connectivity index (χ0n) is 13.5. The summed E-state index contributed by atoms with van der Waals surface area (Å²) in [6, 6.07) is 12.8. The van der Waals surface area contributed by atoms with Gasteiger partial charge in [-0.25, -0.2) is 0 Å². The second-order valence-electron chi connectivity index (χ2n) is 5.74. The lowest BCUT2D eigenvalue weighted by Crippen LogP contribution is -2.39. The minimum Gasteiger partial charge on any atom is -0.495 e. The van der Waals surface area contributed by atoms with Crippen LogP contribution in [0.25, 0.3) is 11.1 Å². The number of methoxy groups -OCH3 is 1. The molecule has 1 fully saturated rings. The maximum Gasteiger partial charge on any atom is 0.234 e. The SMILES string of the molecule is COc1ccc(-c2cccc(C3CCC(=O)NC3=O)c2Cl)cc1C#N. The van der Waals surface area contributed by atoms with Crippen LogP contribution in [0.1, 0.15) is 29.9 Å². The predicted octanol–water partition coefficient (Wildman–Crippen LogP) is 3.41. The van der Waals surface area contributed by atoms with Crippen LogP contribution in [0.5, 0.6) is 5.75 Å². The zero-order chi connectivity index (χ0) is 18.0. The molecule has 1 saturated heterocycles. The summed E-state index contributed by atoms with van der Waals surface area (Å²) in [5.41, 5.74) is 2.57. The minimum absolute atomic E-state index is 0.262. The summed E-state index contributed by atoms with van der Waals surface area (Å²) in [4.78, 5) is 23.5. The third-order valence-corrected chi connectivity index (χ3v) is 4.70. The van der Waals surface area contributed by atoms with Gasteiger partial charge in [0.2, 0.25) is 11.8 Å². The van der Waals surface area contributed by atoms with Crippen LogP contribution in [0.2, 0.25) is 5.02 Å². The number of nitriles is 1. The van der Waals surface area contributed by atoms with Crippen LogP contribution < -0.4 is 10.1 Å². The Morgan fingerprint density at radius 1 is 1.28 bits per heavy atom. The molecule has 126 valence electrons. The van der Waals surface area contributed by atoms with Crippen molar-refractivity contribution in [2.75, 3.05) is 7.11 Å². The Morgan fingerprint density at radius 2 is 2.08 bits per heavy atom. The van der Waals surface area contributed by atoms with Gasteiger partial charge >= 0.3 is 0 Å². The Morgan fingerprint density at radius 3 is 2.76 bits per heavy atom. The molecule has 1 heterocycles. The molecule has 0 saturated carbocycles. The van der Waals surface area contributed by atoms with Crippen LogP contribution in [-0.2, 0) is 9.59 Å². The lowest BCUT2D eigenvalue weighted by Gasteiger charge is -2.23. The van der Waals surface area contributed by atoms with Gasteiger partial charge in [0.15, 0.2) is 0 Å². The van der Waals surface area contributed by atoms with E-state index in [-0.39, 0.29) is 18.2 Å². The number of carbonyl (C=O) groups excluding carboxylic acids is 2. The predicted molar refractivity (Wildman–Crippen MR) is 93.3 cm³/mol. The average molecular weight is 355 g/mol. The number of ether oxygens (including phenoxy) is 1. The van der Waals surface area contributed by atoms with E-state index in [4.69, 9.17) is 16.3 Å². The van der Waals surface area contributed by atoms with Crippen molar-refractivity contribution in [3.63, 3.8) is 0 Å². The molecule has 0 aromatic heterocycles. The molecule has 6 heteroatoms. The van der Waals surface area contributed by atoms with Gasteiger partial charge in [0.25, 0.3) is 0 Å². The van der Waals surface area contributed by atoms with Gasteiger partial charge in [-0.2, -0.15) is 5.26 Å². The number of hydrogen-bond donors (Lipinski definition) is 1. The summed E-state index contributed by atoms with van der Waals surface area (Å²) in [6.45, 7) is 0. The highest BCUT2D eigenvalue weighted by Gasteiger charge is 2.30. The number of carbonyl (C=O) groups is 2. The molecule has 25 heavy (non-hydrogen) atoms. The summed E-state index contributed by atoms with van der Waals surface area (Å²) < 4.78 is 5.16. The highest BCUT2D eigenvalue weighted by atomic mass is 35.5. The van der Waals surface area contributed by atoms with Crippen molar-refractivity contribution < 1.29 is 14.3 Å². The second kappa shape index (κ2) is 6.96. The Kier molecular flexibility index (Phi) is 4.73. The number of nitrogens with zero attached hydrogens (tertiary/aromatic N) is 1. The van der Waals surface area contributed by atoms with Gasteiger partial charge in [-0.3, -0.25) is 14.9 Å². The van der Waals surface area contributed by atoms with Gasteiger partial charge < -0.3 is 4.74 Å². The quantitative estimate of drug-likeness (QED) is 0.857. The van der Waals surface area contributed by atoms with Crippen LogP contribution in [0.15, 0.2) is 36.4 Å². The van der Waals surface area contributed by atoms with E-state index in [2.05, 4.69) is 11.4 Å². The standard InChI is InChI=1S/C19H15ClN2O3/c1-25-16-7-5-11(9-12(16)10-21)13-3-2-4-14(18(13)20)15-6-8-17(23)22-19(15)24/h2-5,7,9,15H,6,8H2,1H3,(H,22,23,24). The highest BCUT2D eigenvalue weighted by molar-refractivity contribution is 6.34. The normalized spacial score (nSPS) is 16.9. The third kappa shape index (κ3) is 3.21. The first-order valence-corrected chi connectivity index (χ1v) is 8.13. The van der Waals surface area contributed by atoms with E-state index in [9.17, 15) is 14.9 Å². The van der Waals surface area contributed by atoms with E-state index in [1.54, 1.807) is 18.2 Å². The van der Waals surface area contributed by atoms with Crippen LogP contribution in [0.4, 0.5) is 0 Å². The maximum absolute atomic E-state index is 12.1. The van der Waals surface area contributed by atoms with Crippen LogP contribution in [0.3, 0.4) is 0 Å². The Balaban J connectivity index is 2.04. The van der Waals surface area contributed by atoms with Crippen molar-refractivity contribution in [2.45, 2.75) is 18.8 Å². The molecule has 3 rings (SSSR count). The van der Waals surface area contributed by atoms with Gasteiger partial charge in [0, 0.05) is 12.0 Å². The number of amides is 2. The molecule has 2 amide bonds. The largest absolute Gasteiger partial charge is 0.495 e. The van der Waals surface area contributed by atoms with E-state index in [1.165, 1.54) is 7.11 Å². The van der Waals surface area contributed by atoms with Gasteiger partial charge in [0.1, 0.15) is 11.8 Å². The molecular weight excluding hydrogens is 340 g/mol. The van der Waals surface area contributed by atoms with Gasteiger partial charge in [-0.1, -0.05) is 35.9 Å². The maximum atomic E-state index is 12.1. The average Bonchev–Trinajstić information content (AvgIpc) is 2.62. The number of nitrogens with one attached hydrogen (secondary N) is 1. The molecule has 0 spiro atoms. The zero-order valence-corrected chi connectivity index (χ0v) is 14.3. The molecule has 1 atom stereocenters. The monoisotopic (exact) mass is 354 g/mol. The lowest BCUT2D eigenvalue weighted by molar-refractivity contribution is -0.134. The number of piperidine rings is 1. The van der Waals surface area contributed by atoms with Gasteiger partial charge in [-0.05, 0) is 29.7 Å². The minimum atomic E-state index is -0.459. The summed E-state index contributed by atoms with van der Waals surface area (Å²) in [5.74, 6) is -0.562. The summed E-state index contributed by atoms with van der Waals surface area (Å²) in [7, 11) is 1.51. The fourth-order valence-electron chi connectivity index (χ4n) is 3.00. The Hall–Kier alpha value is -2.84. The first-order valence-electron chi connectivity index (χ1n) is 7.75. The van der Waals surface area contributed by atoms with Crippen molar-refractivity contribution in [2.24, 2.45) is 0 Å².